The molecule has 2 N–H and O–H groups in total. The molecule has 7 heteroatoms. The van der Waals surface area contributed by atoms with E-state index in [-0.39, 0.29) is 5.91 Å². The first-order chi connectivity index (χ1) is 10.8. The molecule has 3 heterocycles. The highest BCUT2D eigenvalue weighted by atomic mass is 32.1. The molecule has 0 atom stereocenters. The minimum Gasteiger partial charge on any atom is -0.472 e. The molecule has 0 aliphatic carbocycles. The van der Waals surface area contributed by atoms with Gasteiger partial charge in [0.2, 0.25) is 5.91 Å². The molecule has 1 saturated heterocycles. The highest BCUT2D eigenvalue weighted by molar-refractivity contribution is 7.13. The van der Waals surface area contributed by atoms with Crippen LogP contribution in [0.3, 0.4) is 0 Å². The number of hydrogen-bond donors (Lipinski definition) is 2. The first-order valence-electron chi connectivity index (χ1n) is 7.48. The smallest absolute Gasteiger partial charge is 0.226 e. The van der Waals surface area contributed by atoms with Gasteiger partial charge in [0.15, 0.2) is 0 Å². The predicted octanol–water partition coefficient (Wildman–Crippen LogP) is 0.967. The largest absolute Gasteiger partial charge is 0.472 e. The van der Waals surface area contributed by atoms with Gasteiger partial charge in [-0.1, -0.05) is 0 Å². The third-order valence-corrected chi connectivity index (χ3v) is 4.56. The molecule has 1 aliphatic rings. The van der Waals surface area contributed by atoms with Gasteiger partial charge in [0.25, 0.3) is 0 Å². The summed E-state index contributed by atoms with van der Waals surface area (Å²) in [5.74, 6) is 0.0270. The lowest BCUT2D eigenvalue weighted by Crippen LogP contribution is -2.46. The molecule has 0 saturated carbocycles. The van der Waals surface area contributed by atoms with Crippen LogP contribution in [0.15, 0.2) is 28.4 Å². The number of carbonyl (C=O) groups is 1. The van der Waals surface area contributed by atoms with Gasteiger partial charge in [-0.3, -0.25) is 9.69 Å². The number of piperazine rings is 1. The van der Waals surface area contributed by atoms with Crippen molar-refractivity contribution in [3.05, 3.63) is 29.7 Å². The highest BCUT2D eigenvalue weighted by Crippen LogP contribution is 2.23. The zero-order valence-corrected chi connectivity index (χ0v) is 13.2. The summed E-state index contributed by atoms with van der Waals surface area (Å²) in [6.45, 7) is 5.77. The molecular formula is C15H20N4O2S. The van der Waals surface area contributed by atoms with E-state index >= 15 is 0 Å². The molecule has 2 aromatic heterocycles. The van der Waals surface area contributed by atoms with Crippen LogP contribution < -0.4 is 10.6 Å². The molecule has 0 spiro atoms. The van der Waals surface area contributed by atoms with Gasteiger partial charge in [-0.05, 0) is 6.07 Å². The summed E-state index contributed by atoms with van der Waals surface area (Å²) in [5.41, 5.74) is 1.76. The maximum absolute atomic E-state index is 12.0. The maximum Gasteiger partial charge on any atom is 0.226 e. The highest BCUT2D eigenvalue weighted by Gasteiger charge is 2.11. The van der Waals surface area contributed by atoms with E-state index < -0.39 is 0 Å². The van der Waals surface area contributed by atoms with Gasteiger partial charge >= 0.3 is 0 Å². The van der Waals surface area contributed by atoms with Crippen LogP contribution in [-0.2, 0) is 11.2 Å². The van der Waals surface area contributed by atoms with Crippen LogP contribution in [0.1, 0.15) is 5.69 Å². The first-order valence-corrected chi connectivity index (χ1v) is 8.36. The van der Waals surface area contributed by atoms with Crippen molar-refractivity contribution in [3.8, 4) is 10.6 Å². The number of amides is 1. The Morgan fingerprint density at radius 3 is 3.09 bits per heavy atom. The Kier molecular flexibility index (Phi) is 5.20. The average molecular weight is 320 g/mol. The Balaban J connectivity index is 1.42. The fourth-order valence-electron chi connectivity index (χ4n) is 2.42. The molecule has 22 heavy (non-hydrogen) atoms. The van der Waals surface area contributed by atoms with Crippen molar-refractivity contribution in [2.75, 3.05) is 39.3 Å². The van der Waals surface area contributed by atoms with Crippen molar-refractivity contribution in [2.24, 2.45) is 0 Å². The average Bonchev–Trinajstić information content (AvgIpc) is 3.19. The fraction of sp³-hybridized carbons (Fsp3) is 0.467. The molecule has 1 aliphatic heterocycles. The second-order valence-corrected chi connectivity index (χ2v) is 6.13. The SMILES string of the molecule is O=C(Cc1csc(-c2ccoc2)n1)NCCN1CCNCC1. The molecular weight excluding hydrogens is 300 g/mol. The topological polar surface area (TPSA) is 70.4 Å². The lowest BCUT2D eigenvalue weighted by Gasteiger charge is -2.27. The minimum atomic E-state index is 0.0270. The quantitative estimate of drug-likeness (QED) is 0.830. The van der Waals surface area contributed by atoms with Gasteiger partial charge in [-0.2, -0.15) is 0 Å². The summed E-state index contributed by atoms with van der Waals surface area (Å²) in [7, 11) is 0. The third-order valence-electron chi connectivity index (χ3n) is 3.62. The molecule has 0 aromatic carbocycles. The number of thiazole rings is 1. The summed E-state index contributed by atoms with van der Waals surface area (Å²) < 4.78 is 5.05. The van der Waals surface area contributed by atoms with Gasteiger partial charge in [0, 0.05) is 50.2 Å². The van der Waals surface area contributed by atoms with Crippen LogP contribution in [0.4, 0.5) is 0 Å². The zero-order valence-electron chi connectivity index (χ0n) is 12.4. The zero-order chi connectivity index (χ0) is 15.2. The first kappa shape index (κ1) is 15.2. The standard InChI is InChI=1S/C15H20N4O2S/c20-14(17-4-7-19-5-2-16-3-6-19)9-13-11-22-15(18-13)12-1-8-21-10-12/h1,8,10-11,16H,2-7,9H2,(H,17,20). The van der Waals surface area contributed by atoms with Gasteiger partial charge in [0.1, 0.15) is 11.3 Å². The van der Waals surface area contributed by atoms with E-state index in [0.29, 0.717) is 13.0 Å². The molecule has 0 radical (unpaired) electrons. The van der Waals surface area contributed by atoms with Crippen LogP contribution in [0, 0.1) is 0 Å². The second kappa shape index (κ2) is 7.53. The van der Waals surface area contributed by atoms with Crippen molar-refractivity contribution in [2.45, 2.75) is 6.42 Å². The lowest BCUT2D eigenvalue weighted by atomic mass is 10.3. The van der Waals surface area contributed by atoms with Crippen LogP contribution in [0.5, 0.6) is 0 Å². The minimum absolute atomic E-state index is 0.0270. The van der Waals surface area contributed by atoms with Gasteiger partial charge in [-0.15, -0.1) is 11.3 Å². The normalized spacial score (nSPS) is 15.8. The van der Waals surface area contributed by atoms with Gasteiger partial charge < -0.3 is 15.1 Å². The number of rotatable bonds is 6. The summed E-state index contributed by atoms with van der Waals surface area (Å²) in [6, 6.07) is 1.87. The summed E-state index contributed by atoms with van der Waals surface area (Å²) in [6.07, 6.45) is 3.62. The maximum atomic E-state index is 12.0. The molecule has 1 amide bonds. The Hall–Kier alpha value is -1.70. The van der Waals surface area contributed by atoms with E-state index in [1.54, 1.807) is 12.5 Å². The van der Waals surface area contributed by atoms with Crippen molar-refractivity contribution in [3.63, 3.8) is 0 Å². The Labute approximate surface area is 133 Å². The Morgan fingerprint density at radius 1 is 1.45 bits per heavy atom. The summed E-state index contributed by atoms with van der Waals surface area (Å²) in [5, 5.41) is 9.10. The fourth-order valence-corrected chi connectivity index (χ4v) is 3.23. The van der Waals surface area contributed by atoms with Crippen molar-refractivity contribution in [1.82, 2.24) is 20.5 Å². The van der Waals surface area contributed by atoms with Crippen LogP contribution >= 0.6 is 11.3 Å². The van der Waals surface area contributed by atoms with Crippen molar-refractivity contribution in [1.29, 1.82) is 0 Å². The molecule has 6 nitrogen and oxygen atoms in total. The summed E-state index contributed by atoms with van der Waals surface area (Å²) in [4.78, 5) is 18.8. The van der Waals surface area contributed by atoms with Crippen LogP contribution in [-0.4, -0.2) is 55.1 Å². The molecule has 2 aromatic rings. The Morgan fingerprint density at radius 2 is 2.32 bits per heavy atom. The molecule has 118 valence electrons. The van der Waals surface area contributed by atoms with E-state index in [9.17, 15) is 4.79 Å². The monoisotopic (exact) mass is 320 g/mol. The van der Waals surface area contributed by atoms with E-state index in [4.69, 9.17) is 4.42 Å². The van der Waals surface area contributed by atoms with Crippen LogP contribution in [0.25, 0.3) is 10.6 Å². The third kappa shape index (κ3) is 4.16. The van der Waals surface area contributed by atoms with E-state index in [2.05, 4.69) is 20.5 Å². The number of nitrogens with one attached hydrogen (secondary N) is 2. The van der Waals surface area contributed by atoms with Crippen LogP contribution in [0.2, 0.25) is 0 Å². The van der Waals surface area contributed by atoms with E-state index in [0.717, 1.165) is 49.0 Å². The van der Waals surface area contributed by atoms with Gasteiger partial charge in [0.05, 0.1) is 18.4 Å². The second-order valence-electron chi connectivity index (χ2n) is 5.27. The molecule has 1 fully saturated rings. The van der Waals surface area contributed by atoms with E-state index in [1.165, 1.54) is 11.3 Å². The number of carbonyl (C=O) groups excluding carboxylic acids is 1. The van der Waals surface area contributed by atoms with E-state index in [1.807, 2.05) is 11.4 Å². The van der Waals surface area contributed by atoms with Crippen molar-refractivity contribution >= 4 is 17.2 Å². The van der Waals surface area contributed by atoms with Crippen molar-refractivity contribution < 1.29 is 9.21 Å². The number of aromatic nitrogens is 1. The molecule has 3 rings (SSSR count). The molecule has 0 bridgehead atoms. The lowest BCUT2D eigenvalue weighted by molar-refractivity contribution is -0.120. The predicted molar refractivity (Wildman–Crippen MR) is 85.8 cm³/mol. The number of hydrogen-bond acceptors (Lipinski definition) is 6. The van der Waals surface area contributed by atoms with Gasteiger partial charge in [-0.25, -0.2) is 4.98 Å². The Bertz CT molecular complexity index is 590. The number of furan rings is 1. The molecule has 0 unspecified atom stereocenters. The number of nitrogens with zero attached hydrogens (tertiary/aromatic N) is 2. The summed E-state index contributed by atoms with van der Waals surface area (Å²) >= 11 is 1.53.